The third-order valence-corrected chi connectivity index (χ3v) is 7.12. The van der Waals surface area contributed by atoms with Crippen molar-refractivity contribution in [1.82, 2.24) is 20.2 Å². The van der Waals surface area contributed by atoms with Crippen LogP contribution in [0, 0.1) is 11.6 Å². The van der Waals surface area contributed by atoms with E-state index in [4.69, 9.17) is 16.3 Å². The van der Waals surface area contributed by atoms with Gasteiger partial charge in [-0.3, -0.25) is 10.1 Å². The molecule has 2 unspecified atom stereocenters. The molecule has 0 bridgehead atoms. The molecule has 1 saturated heterocycles. The lowest BCUT2D eigenvalue weighted by molar-refractivity contribution is 0.0542. The molecule has 0 radical (unpaired) electrons. The zero-order valence-corrected chi connectivity index (χ0v) is 21.5. The molecule has 2 aromatic carbocycles. The number of rotatable bonds is 8. The fourth-order valence-electron chi connectivity index (χ4n) is 4.75. The van der Waals surface area contributed by atoms with E-state index in [1.807, 2.05) is 12.1 Å². The summed E-state index contributed by atoms with van der Waals surface area (Å²) >= 11 is 6.42. The van der Waals surface area contributed by atoms with Crippen molar-refractivity contribution in [3.8, 4) is 11.3 Å². The smallest absolute Gasteiger partial charge is 0.254 e. The van der Waals surface area contributed by atoms with Gasteiger partial charge in [-0.1, -0.05) is 29.8 Å². The Morgan fingerprint density at radius 3 is 2.74 bits per heavy atom. The van der Waals surface area contributed by atoms with Gasteiger partial charge in [-0.15, -0.1) is 0 Å². The van der Waals surface area contributed by atoms with Gasteiger partial charge >= 0.3 is 0 Å². The summed E-state index contributed by atoms with van der Waals surface area (Å²) in [7, 11) is 0. The maximum Gasteiger partial charge on any atom is 0.254 e. The summed E-state index contributed by atoms with van der Waals surface area (Å²) in [4.78, 5) is 23.6. The van der Waals surface area contributed by atoms with Crippen LogP contribution < -0.4 is 10.6 Å². The summed E-state index contributed by atoms with van der Waals surface area (Å²) in [5.41, 5.74) is 3.03. The van der Waals surface area contributed by atoms with Gasteiger partial charge in [-0.2, -0.15) is 0 Å². The predicted octanol–water partition coefficient (Wildman–Crippen LogP) is 4.29. The van der Waals surface area contributed by atoms with Gasteiger partial charge in [-0.05, 0) is 49.1 Å². The Morgan fingerprint density at radius 2 is 1.97 bits per heavy atom. The number of amides is 1. The van der Waals surface area contributed by atoms with Crippen molar-refractivity contribution in [1.29, 1.82) is 0 Å². The lowest BCUT2D eigenvalue weighted by Crippen LogP contribution is -2.42. The molecule has 2 aliphatic heterocycles. The largest absolute Gasteiger partial charge is 0.381 e. The summed E-state index contributed by atoms with van der Waals surface area (Å²) < 4.78 is 32.2. The van der Waals surface area contributed by atoms with Crippen LogP contribution in [0.2, 0.25) is 5.02 Å². The van der Waals surface area contributed by atoms with Crippen molar-refractivity contribution in [2.24, 2.45) is 0 Å². The fraction of sp³-hybridized carbons (Fsp3) is 0.370. The molecule has 3 heterocycles. The van der Waals surface area contributed by atoms with Gasteiger partial charge in [0.1, 0.15) is 6.23 Å². The second-order valence-corrected chi connectivity index (χ2v) is 9.96. The van der Waals surface area contributed by atoms with E-state index in [1.54, 1.807) is 19.2 Å². The van der Waals surface area contributed by atoms with E-state index >= 15 is 0 Å². The molecule has 0 spiro atoms. The highest BCUT2D eigenvalue weighted by molar-refractivity contribution is 6.33. The molecule has 200 valence electrons. The number of anilines is 1. The number of aliphatic hydroxyl groups excluding tert-OH is 1. The second kappa shape index (κ2) is 11.3. The minimum atomic E-state index is -1.08. The number of benzene rings is 2. The Kier molecular flexibility index (Phi) is 7.85. The first kappa shape index (κ1) is 26.4. The number of aromatic nitrogens is 2. The van der Waals surface area contributed by atoms with E-state index in [0.717, 1.165) is 30.5 Å². The number of halogens is 3. The maximum atomic E-state index is 13.6. The van der Waals surface area contributed by atoms with Crippen molar-refractivity contribution in [3.05, 3.63) is 75.9 Å². The summed E-state index contributed by atoms with van der Waals surface area (Å²) in [6.45, 7) is 3.45. The molecule has 0 saturated carbocycles. The molecule has 8 nitrogen and oxygen atoms in total. The minimum Gasteiger partial charge on any atom is -0.381 e. The number of ether oxygens (including phenoxy) is 1. The topological polar surface area (TPSA) is 99.6 Å². The molecule has 1 aromatic heterocycles. The summed E-state index contributed by atoms with van der Waals surface area (Å²) in [6.07, 6.45) is 2.20. The molecule has 1 fully saturated rings. The minimum absolute atomic E-state index is 0.0182. The van der Waals surface area contributed by atoms with Crippen LogP contribution in [0.25, 0.3) is 11.3 Å². The average Bonchev–Trinajstić information content (AvgIpc) is 3.21. The molecule has 2 aliphatic rings. The first-order valence-electron chi connectivity index (χ1n) is 12.5. The SMILES string of the molecule is CC(NC(O)CN1Cc2ccc(-c3nc(NC4CCOCC4)ncc3Cl)cc2C1=O)c1ccc(F)c(F)c1. The first-order chi connectivity index (χ1) is 18.3. The van der Waals surface area contributed by atoms with Crippen molar-refractivity contribution in [2.75, 3.05) is 25.1 Å². The highest BCUT2D eigenvalue weighted by Crippen LogP contribution is 2.32. The lowest BCUT2D eigenvalue weighted by Gasteiger charge is -2.24. The van der Waals surface area contributed by atoms with Gasteiger partial charge in [0.25, 0.3) is 5.91 Å². The Morgan fingerprint density at radius 1 is 1.18 bits per heavy atom. The van der Waals surface area contributed by atoms with Crippen LogP contribution in [0.5, 0.6) is 0 Å². The van der Waals surface area contributed by atoms with Crippen molar-refractivity contribution >= 4 is 23.5 Å². The van der Waals surface area contributed by atoms with Crippen LogP contribution >= 0.6 is 11.6 Å². The molecule has 1 amide bonds. The van der Waals surface area contributed by atoms with Gasteiger partial charge < -0.3 is 20.1 Å². The van der Waals surface area contributed by atoms with Gasteiger partial charge in [0.2, 0.25) is 5.95 Å². The standard InChI is InChI=1S/C27H28ClF2N5O3/c1-15(16-4-5-22(29)23(30)11-16)32-24(36)14-35-13-18-3-2-17(10-20(18)26(35)37)25-21(28)12-31-27(34-25)33-19-6-8-38-9-7-19/h2-5,10-12,15,19,24,32,36H,6-9,13-14H2,1H3,(H,31,33,34). The highest BCUT2D eigenvalue weighted by Gasteiger charge is 2.30. The molecule has 3 N–H and O–H groups in total. The second-order valence-electron chi connectivity index (χ2n) is 9.56. The van der Waals surface area contributed by atoms with Crippen LogP contribution in [0.4, 0.5) is 14.7 Å². The number of hydrogen-bond donors (Lipinski definition) is 3. The lowest BCUT2D eigenvalue weighted by atomic mass is 10.0. The number of hydrogen-bond acceptors (Lipinski definition) is 7. The Labute approximate surface area is 224 Å². The highest BCUT2D eigenvalue weighted by atomic mass is 35.5. The Hall–Kier alpha value is -3.18. The van der Waals surface area contributed by atoms with Gasteiger partial charge in [0.15, 0.2) is 11.6 Å². The molecule has 5 rings (SSSR count). The van der Waals surface area contributed by atoms with E-state index < -0.39 is 23.9 Å². The maximum absolute atomic E-state index is 13.6. The van der Waals surface area contributed by atoms with E-state index in [9.17, 15) is 18.7 Å². The van der Waals surface area contributed by atoms with E-state index in [0.29, 0.717) is 53.1 Å². The number of β-amino-alcohol motifs (C(OH)–C–C–N with tert-alkyl or cyclic N) is 1. The summed E-state index contributed by atoms with van der Waals surface area (Å²) in [5, 5.41) is 17.2. The summed E-state index contributed by atoms with van der Waals surface area (Å²) in [6, 6.07) is 8.81. The monoisotopic (exact) mass is 543 g/mol. The number of aliphatic hydroxyl groups is 1. The van der Waals surface area contributed by atoms with Crippen LogP contribution in [0.15, 0.2) is 42.6 Å². The number of fused-ring (bicyclic) bond motifs is 1. The van der Waals surface area contributed by atoms with Crippen LogP contribution in [-0.2, 0) is 11.3 Å². The molecule has 3 aromatic rings. The van der Waals surface area contributed by atoms with Crippen molar-refractivity contribution < 1.29 is 23.4 Å². The van der Waals surface area contributed by atoms with Crippen LogP contribution in [-0.4, -0.2) is 57.9 Å². The zero-order valence-electron chi connectivity index (χ0n) is 20.8. The molecule has 2 atom stereocenters. The average molecular weight is 544 g/mol. The van der Waals surface area contributed by atoms with Crippen LogP contribution in [0.3, 0.4) is 0 Å². The van der Waals surface area contributed by atoms with Gasteiger partial charge in [0, 0.05) is 43.0 Å². The summed E-state index contributed by atoms with van der Waals surface area (Å²) in [5.74, 6) is -1.65. The number of nitrogens with zero attached hydrogens (tertiary/aromatic N) is 3. The van der Waals surface area contributed by atoms with Crippen molar-refractivity contribution in [2.45, 2.75) is 44.6 Å². The third kappa shape index (κ3) is 5.78. The molecule has 0 aliphatic carbocycles. The fourth-order valence-corrected chi connectivity index (χ4v) is 4.95. The van der Waals surface area contributed by atoms with Gasteiger partial charge in [-0.25, -0.2) is 18.7 Å². The molecular formula is C27H28ClF2N5O3. The zero-order chi connectivity index (χ0) is 26.8. The molecular weight excluding hydrogens is 516 g/mol. The molecule has 38 heavy (non-hydrogen) atoms. The third-order valence-electron chi connectivity index (χ3n) is 6.84. The normalized spacial score (nSPS) is 17.4. The Bertz CT molecular complexity index is 1340. The Balaban J connectivity index is 1.26. The quantitative estimate of drug-likeness (QED) is 0.364. The van der Waals surface area contributed by atoms with E-state index in [-0.39, 0.29) is 18.5 Å². The van der Waals surface area contributed by atoms with E-state index in [2.05, 4.69) is 20.6 Å². The first-order valence-corrected chi connectivity index (χ1v) is 12.8. The van der Waals surface area contributed by atoms with Crippen molar-refractivity contribution in [3.63, 3.8) is 0 Å². The van der Waals surface area contributed by atoms with E-state index in [1.165, 1.54) is 11.0 Å². The molecule has 11 heteroatoms. The van der Waals surface area contributed by atoms with Crippen LogP contribution in [0.1, 0.15) is 47.3 Å². The number of nitrogens with one attached hydrogen (secondary N) is 2. The predicted molar refractivity (Wildman–Crippen MR) is 139 cm³/mol. The number of carbonyl (C=O) groups is 1. The number of carbonyl (C=O) groups excluding carboxylic acids is 1. The van der Waals surface area contributed by atoms with Gasteiger partial charge in [0.05, 0.1) is 23.5 Å².